The lowest BCUT2D eigenvalue weighted by molar-refractivity contribution is -0.205. The topological polar surface area (TPSA) is 81.7 Å². The number of allylic oxidation sites excluding steroid dienone is 2. The number of ether oxygens (including phenoxy) is 7. The Morgan fingerprint density at radius 1 is 0.870 bits per heavy atom. The molecular formula is C38H58O8. The lowest BCUT2D eigenvalue weighted by Crippen LogP contribution is -2.35. The highest BCUT2D eigenvalue weighted by atomic mass is 16.7. The fraction of sp³-hybridized carbons (Fsp3) is 0.763. The average Bonchev–Trinajstić information content (AvgIpc) is 3.66. The Bertz CT molecular complexity index is 1030. The average molecular weight is 643 g/mol. The van der Waals surface area contributed by atoms with Gasteiger partial charge in [0.05, 0.1) is 31.5 Å². The summed E-state index contributed by atoms with van der Waals surface area (Å²) >= 11 is 0. The van der Waals surface area contributed by atoms with Crippen molar-refractivity contribution in [1.82, 2.24) is 0 Å². The molecule has 1 aromatic carbocycles. The molecule has 5 rings (SSSR count). The van der Waals surface area contributed by atoms with Gasteiger partial charge in [-0.3, -0.25) is 4.79 Å². The van der Waals surface area contributed by atoms with Crippen molar-refractivity contribution in [1.29, 1.82) is 0 Å². The minimum atomic E-state index is -0.571. The summed E-state index contributed by atoms with van der Waals surface area (Å²) in [6.07, 6.45) is 17.9. The molecule has 258 valence electrons. The van der Waals surface area contributed by atoms with E-state index in [1.54, 1.807) is 0 Å². The minimum absolute atomic E-state index is 0.0356. The molecule has 3 saturated heterocycles. The molecule has 1 aliphatic carbocycles. The van der Waals surface area contributed by atoms with Gasteiger partial charge in [0.2, 0.25) is 0 Å². The van der Waals surface area contributed by atoms with Crippen LogP contribution in [0.15, 0.2) is 42.5 Å². The second-order valence-electron chi connectivity index (χ2n) is 13.8. The molecule has 1 aromatic rings. The van der Waals surface area contributed by atoms with E-state index in [2.05, 4.69) is 42.5 Å². The van der Waals surface area contributed by atoms with Gasteiger partial charge < -0.3 is 33.2 Å². The number of rotatable bonds is 17. The van der Waals surface area contributed by atoms with E-state index in [9.17, 15) is 4.79 Å². The van der Waals surface area contributed by atoms with Crippen LogP contribution in [0.5, 0.6) is 0 Å². The SMILES string of the molecule is CC(C)OC(=O)CCC/C=C\C[C@@H]1[C@@H](CCC2(CCc3ccccc3)OCCO2)[C@H](OC2CCCCO2)C[C@@H]1OC1CCCCO1. The molecule has 3 heterocycles. The van der Waals surface area contributed by atoms with Crippen molar-refractivity contribution in [3.63, 3.8) is 0 Å². The number of hydrogen-bond donors (Lipinski definition) is 0. The molecule has 8 heteroatoms. The van der Waals surface area contributed by atoms with Gasteiger partial charge in [0.15, 0.2) is 18.4 Å². The number of carbonyl (C=O) groups excluding carboxylic acids is 1. The van der Waals surface area contributed by atoms with E-state index in [0.29, 0.717) is 19.6 Å². The molecule has 46 heavy (non-hydrogen) atoms. The highest BCUT2D eigenvalue weighted by Crippen LogP contribution is 2.45. The molecule has 4 aliphatic rings. The van der Waals surface area contributed by atoms with Gasteiger partial charge in [0.25, 0.3) is 0 Å². The summed E-state index contributed by atoms with van der Waals surface area (Å²) in [5.74, 6) is -0.152. The maximum atomic E-state index is 12.0. The first-order valence-electron chi connectivity index (χ1n) is 18.2. The van der Waals surface area contributed by atoms with Gasteiger partial charge in [-0.2, -0.15) is 0 Å². The second-order valence-corrected chi connectivity index (χ2v) is 13.8. The third-order valence-corrected chi connectivity index (χ3v) is 9.90. The van der Waals surface area contributed by atoms with Gasteiger partial charge in [-0.25, -0.2) is 0 Å². The second kappa shape index (κ2) is 18.7. The molecule has 4 fully saturated rings. The van der Waals surface area contributed by atoms with Gasteiger partial charge in [-0.15, -0.1) is 0 Å². The van der Waals surface area contributed by atoms with Crippen LogP contribution >= 0.6 is 0 Å². The van der Waals surface area contributed by atoms with E-state index in [-0.39, 0.29) is 48.7 Å². The lowest BCUT2D eigenvalue weighted by Gasteiger charge is -2.34. The molecule has 6 atom stereocenters. The summed E-state index contributed by atoms with van der Waals surface area (Å²) in [4.78, 5) is 12.0. The number of aryl methyl sites for hydroxylation is 1. The van der Waals surface area contributed by atoms with Gasteiger partial charge >= 0.3 is 5.97 Å². The third-order valence-electron chi connectivity index (χ3n) is 9.90. The van der Waals surface area contributed by atoms with Crippen molar-refractivity contribution in [2.24, 2.45) is 11.8 Å². The summed E-state index contributed by atoms with van der Waals surface area (Å²) in [6, 6.07) is 10.6. The molecule has 8 nitrogen and oxygen atoms in total. The predicted octanol–water partition coefficient (Wildman–Crippen LogP) is 7.67. The Balaban J connectivity index is 1.27. The van der Waals surface area contributed by atoms with Crippen LogP contribution in [0.3, 0.4) is 0 Å². The van der Waals surface area contributed by atoms with Crippen molar-refractivity contribution in [2.75, 3.05) is 26.4 Å². The van der Waals surface area contributed by atoms with Crippen molar-refractivity contribution in [3.05, 3.63) is 48.0 Å². The summed E-state index contributed by atoms with van der Waals surface area (Å²) in [6.45, 7) is 6.58. The molecule has 0 N–H and O–H groups in total. The van der Waals surface area contributed by atoms with Crippen LogP contribution in [-0.2, 0) is 44.4 Å². The van der Waals surface area contributed by atoms with Crippen LogP contribution in [0.2, 0.25) is 0 Å². The summed E-state index contributed by atoms with van der Waals surface area (Å²) in [5.41, 5.74) is 1.30. The molecular weight excluding hydrogens is 584 g/mol. The Labute approximate surface area is 276 Å². The Hall–Kier alpha value is -1.81. The largest absolute Gasteiger partial charge is 0.463 e. The first-order valence-corrected chi connectivity index (χ1v) is 18.2. The summed E-state index contributed by atoms with van der Waals surface area (Å²) < 4.78 is 43.7. The van der Waals surface area contributed by atoms with E-state index in [1.165, 1.54) is 5.56 Å². The first-order chi connectivity index (χ1) is 22.5. The molecule has 0 radical (unpaired) electrons. The molecule has 3 aliphatic heterocycles. The van der Waals surface area contributed by atoms with Crippen LogP contribution in [0, 0.1) is 11.8 Å². The van der Waals surface area contributed by atoms with E-state index in [4.69, 9.17) is 33.2 Å². The van der Waals surface area contributed by atoms with Crippen LogP contribution in [0.1, 0.15) is 109 Å². The fourth-order valence-electron chi connectivity index (χ4n) is 7.53. The van der Waals surface area contributed by atoms with Gasteiger partial charge in [0.1, 0.15) is 0 Å². The Morgan fingerprint density at radius 3 is 2.17 bits per heavy atom. The third kappa shape index (κ3) is 11.1. The Morgan fingerprint density at radius 2 is 1.54 bits per heavy atom. The van der Waals surface area contributed by atoms with E-state index >= 15 is 0 Å². The smallest absolute Gasteiger partial charge is 0.306 e. The standard InChI is InChI=1S/C38H58O8/c1-29(2)44-35(39)17-9-4-3-8-16-31-32(21-23-38(42-26-27-43-38)22-20-30-14-6-5-7-15-30)34(46-37-19-11-13-25-41-37)28-33(31)45-36-18-10-12-24-40-36/h3,5-8,14-15,29,31-34,36-37H,4,9-13,16-28H2,1-2H3/b8-3-/t31-,32-,33+,34-,36?,37?/m1/s1. The van der Waals surface area contributed by atoms with E-state index in [0.717, 1.165) is 103 Å². The van der Waals surface area contributed by atoms with E-state index in [1.807, 2.05) is 13.8 Å². The highest BCUT2D eigenvalue weighted by molar-refractivity contribution is 5.69. The van der Waals surface area contributed by atoms with Crippen LogP contribution < -0.4 is 0 Å². The highest BCUT2D eigenvalue weighted by Gasteiger charge is 2.47. The summed E-state index contributed by atoms with van der Waals surface area (Å²) in [7, 11) is 0. The molecule has 1 saturated carbocycles. The zero-order valence-corrected chi connectivity index (χ0v) is 28.3. The van der Waals surface area contributed by atoms with Crippen molar-refractivity contribution in [3.8, 4) is 0 Å². The number of hydrogen-bond acceptors (Lipinski definition) is 8. The molecule has 2 unspecified atom stereocenters. The maximum absolute atomic E-state index is 12.0. The van der Waals surface area contributed by atoms with Crippen LogP contribution in [0.4, 0.5) is 0 Å². The van der Waals surface area contributed by atoms with Gasteiger partial charge in [0, 0.05) is 38.9 Å². The zero-order chi connectivity index (χ0) is 32.0. The van der Waals surface area contributed by atoms with Crippen molar-refractivity contribution in [2.45, 2.75) is 147 Å². The van der Waals surface area contributed by atoms with E-state index < -0.39 is 5.79 Å². The fourth-order valence-corrected chi connectivity index (χ4v) is 7.53. The Kier molecular flexibility index (Phi) is 14.4. The summed E-state index contributed by atoms with van der Waals surface area (Å²) in [5, 5.41) is 0. The van der Waals surface area contributed by atoms with Gasteiger partial charge in [-0.05, 0) is 102 Å². The molecule has 0 spiro atoms. The zero-order valence-electron chi connectivity index (χ0n) is 28.3. The quantitative estimate of drug-likeness (QED) is 0.0973. The number of unbranched alkanes of at least 4 members (excludes halogenated alkanes) is 1. The molecule has 0 amide bonds. The van der Waals surface area contributed by atoms with Crippen molar-refractivity contribution < 1.29 is 38.0 Å². The van der Waals surface area contributed by atoms with Gasteiger partial charge in [-0.1, -0.05) is 42.5 Å². The number of carbonyl (C=O) groups is 1. The number of benzene rings is 1. The van der Waals surface area contributed by atoms with Crippen LogP contribution in [0.25, 0.3) is 0 Å². The molecule has 0 aromatic heterocycles. The normalized spacial score (nSPS) is 29.9. The predicted molar refractivity (Wildman–Crippen MR) is 176 cm³/mol. The first kappa shape index (κ1) is 35.5. The monoisotopic (exact) mass is 642 g/mol. The lowest BCUT2D eigenvalue weighted by atomic mass is 9.84. The van der Waals surface area contributed by atoms with Crippen LogP contribution in [-0.4, -0.2) is 69.1 Å². The maximum Gasteiger partial charge on any atom is 0.306 e. The minimum Gasteiger partial charge on any atom is -0.463 e. The molecule has 0 bridgehead atoms. The number of esters is 1. The van der Waals surface area contributed by atoms with Crippen molar-refractivity contribution >= 4 is 5.97 Å².